The Labute approximate surface area is 135 Å². The third-order valence-electron chi connectivity index (χ3n) is 3.72. The maximum absolute atomic E-state index is 12.4. The molecule has 0 unspecified atom stereocenters. The lowest BCUT2D eigenvalue weighted by Gasteiger charge is -2.17. The first-order valence-corrected chi connectivity index (χ1v) is 7.46. The molecule has 0 saturated carbocycles. The zero-order valence-corrected chi connectivity index (χ0v) is 13.7. The van der Waals surface area contributed by atoms with Gasteiger partial charge in [0.15, 0.2) is 0 Å². The number of aryl methyl sites for hydroxylation is 1. The summed E-state index contributed by atoms with van der Waals surface area (Å²) in [6, 6.07) is 6.85. The van der Waals surface area contributed by atoms with Gasteiger partial charge in [-0.25, -0.2) is 9.48 Å². The van der Waals surface area contributed by atoms with E-state index in [0.717, 1.165) is 11.3 Å². The number of hydrogen-bond acceptors (Lipinski definition) is 3. The SMILES string of the molecule is Cc1cccc(-n2ncc(C(=O)N[C@H](C(=O)O)C(C)C)c2C)c1. The summed E-state index contributed by atoms with van der Waals surface area (Å²) in [7, 11) is 0. The number of nitrogens with one attached hydrogen (secondary N) is 1. The number of hydrogen-bond donors (Lipinski definition) is 2. The molecule has 1 atom stereocenters. The minimum atomic E-state index is -1.04. The van der Waals surface area contributed by atoms with Crippen molar-refractivity contribution in [2.24, 2.45) is 5.92 Å². The molecule has 2 N–H and O–H groups in total. The van der Waals surface area contributed by atoms with Crippen LogP contribution < -0.4 is 5.32 Å². The molecule has 1 aromatic heterocycles. The highest BCUT2D eigenvalue weighted by molar-refractivity contribution is 5.97. The number of nitrogens with zero attached hydrogens (tertiary/aromatic N) is 2. The van der Waals surface area contributed by atoms with Crippen molar-refractivity contribution in [1.82, 2.24) is 15.1 Å². The number of carboxylic acids is 1. The largest absolute Gasteiger partial charge is 0.480 e. The van der Waals surface area contributed by atoms with Crippen LogP contribution in [0.4, 0.5) is 0 Å². The van der Waals surface area contributed by atoms with Gasteiger partial charge in [-0.05, 0) is 37.5 Å². The molecule has 0 radical (unpaired) electrons. The first-order valence-electron chi connectivity index (χ1n) is 7.46. The number of carbonyl (C=O) groups is 2. The van der Waals surface area contributed by atoms with Crippen molar-refractivity contribution in [3.8, 4) is 5.69 Å². The summed E-state index contributed by atoms with van der Waals surface area (Å²) in [6.07, 6.45) is 1.46. The van der Waals surface area contributed by atoms with Gasteiger partial charge >= 0.3 is 5.97 Å². The molecule has 6 nitrogen and oxygen atoms in total. The van der Waals surface area contributed by atoms with Crippen LogP contribution in [0.1, 0.15) is 35.5 Å². The van der Waals surface area contributed by atoms with Crippen LogP contribution in [-0.2, 0) is 4.79 Å². The molecule has 122 valence electrons. The van der Waals surface area contributed by atoms with Crippen LogP contribution in [0.15, 0.2) is 30.5 Å². The molecule has 0 aliphatic rings. The maximum atomic E-state index is 12.4. The highest BCUT2D eigenvalue weighted by Gasteiger charge is 2.25. The molecular formula is C17H21N3O3. The number of rotatable bonds is 5. The average molecular weight is 315 g/mol. The molecule has 0 fully saturated rings. The fourth-order valence-corrected chi connectivity index (χ4v) is 2.39. The van der Waals surface area contributed by atoms with E-state index in [9.17, 15) is 14.7 Å². The third kappa shape index (κ3) is 3.59. The zero-order valence-electron chi connectivity index (χ0n) is 13.7. The minimum Gasteiger partial charge on any atom is -0.480 e. The lowest BCUT2D eigenvalue weighted by atomic mass is 10.0. The quantitative estimate of drug-likeness (QED) is 0.887. The van der Waals surface area contributed by atoms with Gasteiger partial charge < -0.3 is 10.4 Å². The van der Waals surface area contributed by atoms with Crippen molar-refractivity contribution < 1.29 is 14.7 Å². The van der Waals surface area contributed by atoms with Crippen molar-refractivity contribution in [2.75, 3.05) is 0 Å². The van der Waals surface area contributed by atoms with Gasteiger partial charge in [-0.3, -0.25) is 4.79 Å². The molecule has 2 rings (SSSR count). The van der Waals surface area contributed by atoms with Crippen LogP contribution in [0.25, 0.3) is 5.69 Å². The predicted octanol–water partition coefficient (Wildman–Crippen LogP) is 2.33. The second-order valence-electron chi connectivity index (χ2n) is 5.93. The Kier molecular flexibility index (Phi) is 4.83. The van der Waals surface area contributed by atoms with Gasteiger partial charge in [0.1, 0.15) is 6.04 Å². The van der Waals surface area contributed by atoms with Gasteiger partial charge in [0.2, 0.25) is 0 Å². The van der Waals surface area contributed by atoms with Crippen LogP contribution in [-0.4, -0.2) is 32.8 Å². The van der Waals surface area contributed by atoms with E-state index in [2.05, 4.69) is 10.4 Å². The Morgan fingerprint density at radius 3 is 2.52 bits per heavy atom. The highest BCUT2D eigenvalue weighted by Crippen LogP contribution is 2.16. The van der Waals surface area contributed by atoms with Crippen molar-refractivity contribution in [2.45, 2.75) is 33.7 Å². The van der Waals surface area contributed by atoms with E-state index in [1.165, 1.54) is 6.20 Å². The van der Waals surface area contributed by atoms with Crippen LogP contribution in [0.2, 0.25) is 0 Å². The Morgan fingerprint density at radius 2 is 1.96 bits per heavy atom. The first kappa shape index (κ1) is 16.7. The lowest BCUT2D eigenvalue weighted by Crippen LogP contribution is -2.44. The summed E-state index contributed by atoms with van der Waals surface area (Å²) in [6.45, 7) is 7.27. The lowest BCUT2D eigenvalue weighted by molar-refractivity contribution is -0.140. The van der Waals surface area contributed by atoms with Crippen molar-refractivity contribution >= 4 is 11.9 Å². The standard InChI is InChI=1S/C17H21N3O3/c1-10(2)15(17(22)23)19-16(21)14-9-18-20(12(14)4)13-7-5-6-11(3)8-13/h5-10,15H,1-4H3,(H,19,21)(H,22,23)/t15-/m0/s1. The van der Waals surface area contributed by atoms with Gasteiger partial charge in [0.05, 0.1) is 23.1 Å². The summed E-state index contributed by atoms with van der Waals surface area (Å²) in [5.74, 6) is -1.68. The smallest absolute Gasteiger partial charge is 0.326 e. The molecule has 0 bridgehead atoms. The Hall–Kier alpha value is -2.63. The van der Waals surface area contributed by atoms with Crippen LogP contribution in [0.5, 0.6) is 0 Å². The van der Waals surface area contributed by atoms with E-state index in [4.69, 9.17) is 0 Å². The molecule has 6 heteroatoms. The fraction of sp³-hybridized carbons (Fsp3) is 0.353. The van der Waals surface area contributed by atoms with Crippen LogP contribution in [0.3, 0.4) is 0 Å². The minimum absolute atomic E-state index is 0.205. The molecular weight excluding hydrogens is 294 g/mol. The normalized spacial score (nSPS) is 12.2. The van der Waals surface area contributed by atoms with Crippen molar-refractivity contribution in [3.63, 3.8) is 0 Å². The van der Waals surface area contributed by atoms with Gasteiger partial charge in [-0.1, -0.05) is 26.0 Å². The fourth-order valence-electron chi connectivity index (χ4n) is 2.39. The molecule has 1 aromatic carbocycles. The number of aromatic nitrogens is 2. The van der Waals surface area contributed by atoms with E-state index in [1.807, 2.05) is 31.2 Å². The van der Waals surface area contributed by atoms with Gasteiger partial charge in [-0.2, -0.15) is 5.10 Å². The van der Waals surface area contributed by atoms with Gasteiger partial charge in [-0.15, -0.1) is 0 Å². The summed E-state index contributed by atoms with van der Waals surface area (Å²) in [4.78, 5) is 23.6. The highest BCUT2D eigenvalue weighted by atomic mass is 16.4. The number of carboxylic acid groups (broad SMARTS) is 1. The molecule has 0 spiro atoms. The number of amides is 1. The van der Waals surface area contributed by atoms with Gasteiger partial charge in [0, 0.05) is 0 Å². The van der Waals surface area contributed by atoms with E-state index < -0.39 is 17.9 Å². The number of benzene rings is 1. The van der Waals surface area contributed by atoms with Crippen molar-refractivity contribution in [1.29, 1.82) is 0 Å². The summed E-state index contributed by atoms with van der Waals surface area (Å²) >= 11 is 0. The van der Waals surface area contributed by atoms with Crippen LogP contribution in [0, 0.1) is 19.8 Å². The number of aliphatic carboxylic acids is 1. The molecule has 1 heterocycles. The van der Waals surface area contributed by atoms with Crippen LogP contribution >= 0.6 is 0 Å². The second kappa shape index (κ2) is 6.64. The summed E-state index contributed by atoms with van der Waals surface area (Å²) in [5, 5.41) is 16.0. The molecule has 1 amide bonds. The molecule has 2 aromatic rings. The zero-order chi connectivity index (χ0) is 17.1. The number of carbonyl (C=O) groups excluding carboxylic acids is 1. The van der Waals surface area contributed by atoms with E-state index in [0.29, 0.717) is 11.3 Å². The summed E-state index contributed by atoms with van der Waals surface area (Å²) in [5.41, 5.74) is 2.99. The van der Waals surface area contributed by atoms with E-state index in [-0.39, 0.29) is 5.92 Å². The monoisotopic (exact) mass is 315 g/mol. The van der Waals surface area contributed by atoms with Gasteiger partial charge in [0.25, 0.3) is 5.91 Å². The maximum Gasteiger partial charge on any atom is 0.326 e. The third-order valence-corrected chi connectivity index (χ3v) is 3.72. The Balaban J connectivity index is 2.28. The van der Waals surface area contributed by atoms with E-state index >= 15 is 0 Å². The first-order chi connectivity index (χ1) is 10.8. The molecule has 0 saturated heterocycles. The molecule has 0 aliphatic carbocycles. The topological polar surface area (TPSA) is 84.2 Å². The molecule has 0 aliphatic heterocycles. The average Bonchev–Trinajstić information content (AvgIpc) is 2.85. The summed E-state index contributed by atoms with van der Waals surface area (Å²) < 4.78 is 1.67. The Bertz CT molecular complexity index is 734. The second-order valence-corrected chi connectivity index (χ2v) is 5.93. The van der Waals surface area contributed by atoms with Crippen molar-refractivity contribution in [3.05, 3.63) is 47.3 Å². The molecule has 23 heavy (non-hydrogen) atoms. The Morgan fingerprint density at radius 1 is 1.26 bits per heavy atom. The predicted molar refractivity (Wildman–Crippen MR) is 86.8 cm³/mol. The van der Waals surface area contributed by atoms with E-state index in [1.54, 1.807) is 25.5 Å².